The lowest BCUT2D eigenvalue weighted by Crippen LogP contribution is -2.22. The van der Waals surface area contributed by atoms with Crippen LogP contribution in [0.2, 0.25) is 0 Å². The van der Waals surface area contributed by atoms with Crippen LogP contribution in [0.5, 0.6) is 0 Å². The first-order valence-electron chi connectivity index (χ1n) is 3.12. The van der Waals surface area contributed by atoms with Crippen LogP contribution >= 0.6 is 11.6 Å². The Bertz CT molecular complexity index is 321. The van der Waals surface area contributed by atoms with Gasteiger partial charge in [-0.25, -0.2) is 0 Å². The maximum atomic E-state index is 5.79. The van der Waals surface area contributed by atoms with Gasteiger partial charge in [0.1, 0.15) is 0 Å². The topological polar surface area (TPSA) is 0 Å². The van der Waals surface area contributed by atoms with E-state index in [4.69, 9.17) is 11.6 Å². The zero-order chi connectivity index (χ0) is 7.56. The van der Waals surface area contributed by atoms with Crippen LogP contribution in [0.25, 0.3) is 11.6 Å². The highest BCUT2D eigenvalue weighted by atomic mass is 35.5. The highest BCUT2D eigenvalue weighted by Gasteiger charge is 1.83. The number of hydrogen-bond acceptors (Lipinski definition) is 0. The van der Waals surface area contributed by atoms with Gasteiger partial charge in [-0.2, -0.15) is 0 Å². The van der Waals surface area contributed by atoms with Crippen LogP contribution in [-0.2, 0) is 0 Å². The van der Waals surface area contributed by atoms with Crippen molar-refractivity contribution >= 4 is 23.2 Å². The van der Waals surface area contributed by atoms with Crippen molar-refractivity contribution in [2.24, 2.45) is 0 Å². The second kappa shape index (κ2) is 2.89. The van der Waals surface area contributed by atoms with E-state index in [-0.39, 0.29) is 0 Å². The van der Waals surface area contributed by atoms with Crippen molar-refractivity contribution < 1.29 is 0 Å². The van der Waals surface area contributed by atoms with E-state index in [9.17, 15) is 0 Å². The van der Waals surface area contributed by atoms with E-state index in [2.05, 4.69) is 6.58 Å². The molecule has 0 saturated heterocycles. The van der Waals surface area contributed by atoms with Crippen molar-refractivity contribution in [3.8, 4) is 0 Å². The van der Waals surface area contributed by atoms with Gasteiger partial charge in [-0.1, -0.05) is 42.4 Å². The minimum Gasteiger partial charge on any atom is -0.0911 e. The summed E-state index contributed by atoms with van der Waals surface area (Å²) in [6, 6.07) is 7.81. The molecule has 1 aromatic carbocycles. The summed E-state index contributed by atoms with van der Waals surface area (Å²) >= 11 is 5.79. The average molecular weight is 153 g/mol. The molecule has 52 valence electrons. The molecule has 0 spiro atoms. The van der Waals surface area contributed by atoms with Crippen molar-refractivity contribution in [2.45, 2.75) is 6.92 Å². The minimum absolute atomic E-state index is 0.797. The van der Waals surface area contributed by atoms with Crippen LogP contribution < -0.4 is 10.4 Å². The molecule has 1 heteroatoms. The Balaban J connectivity index is 3.60. The fraction of sp³-hybridized carbons (Fsp3) is 0.111. The Labute approximate surface area is 65.5 Å². The third-order valence-corrected chi connectivity index (χ3v) is 1.59. The van der Waals surface area contributed by atoms with Crippen LogP contribution in [-0.4, -0.2) is 0 Å². The number of benzene rings is 1. The van der Waals surface area contributed by atoms with Crippen molar-refractivity contribution in [1.29, 1.82) is 0 Å². The van der Waals surface area contributed by atoms with Gasteiger partial charge < -0.3 is 0 Å². The van der Waals surface area contributed by atoms with Gasteiger partial charge in [0, 0.05) is 5.03 Å². The van der Waals surface area contributed by atoms with Crippen LogP contribution in [0.15, 0.2) is 24.3 Å². The van der Waals surface area contributed by atoms with Gasteiger partial charge in [-0.3, -0.25) is 0 Å². The Morgan fingerprint density at radius 1 is 1.40 bits per heavy atom. The number of halogens is 1. The van der Waals surface area contributed by atoms with Gasteiger partial charge in [-0.15, -0.1) is 0 Å². The third kappa shape index (κ3) is 1.39. The van der Waals surface area contributed by atoms with Crippen LogP contribution in [0.1, 0.15) is 6.92 Å². The zero-order valence-corrected chi connectivity index (χ0v) is 6.65. The van der Waals surface area contributed by atoms with Crippen molar-refractivity contribution in [3.63, 3.8) is 0 Å². The van der Waals surface area contributed by atoms with E-state index in [1.165, 1.54) is 0 Å². The first-order chi connectivity index (χ1) is 4.72. The highest BCUT2D eigenvalue weighted by Crippen LogP contribution is 1.92. The molecule has 0 aliphatic heterocycles. The third-order valence-electron chi connectivity index (χ3n) is 1.39. The Morgan fingerprint density at radius 3 is 2.40 bits per heavy atom. The van der Waals surface area contributed by atoms with Gasteiger partial charge in [0.15, 0.2) is 0 Å². The molecule has 10 heavy (non-hydrogen) atoms. The standard InChI is InChI=1S/C9H9Cl/c1-7-5-3-4-6-9(7)8(2)10/h3-6H,1H2,2H3/b9-8+. The molecule has 0 bridgehead atoms. The summed E-state index contributed by atoms with van der Waals surface area (Å²) in [5.41, 5.74) is 0. The summed E-state index contributed by atoms with van der Waals surface area (Å²) in [7, 11) is 0. The minimum atomic E-state index is 0.797. The molecule has 0 aliphatic rings. The van der Waals surface area contributed by atoms with Gasteiger partial charge in [0.2, 0.25) is 0 Å². The smallest absolute Gasteiger partial charge is 0.0228 e. The van der Waals surface area contributed by atoms with E-state index in [1.54, 1.807) is 0 Å². The van der Waals surface area contributed by atoms with Crippen LogP contribution in [0.3, 0.4) is 0 Å². The van der Waals surface area contributed by atoms with E-state index in [1.807, 2.05) is 31.2 Å². The molecular weight excluding hydrogens is 144 g/mol. The Morgan fingerprint density at radius 2 is 2.00 bits per heavy atom. The molecule has 1 rings (SSSR count). The molecule has 0 aliphatic carbocycles. The second-order valence-corrected chi connectivity index (χ2v) is 2.76. The van der Waals surface area contributed by atoms with Gasteiger partial charge in [0.05, 0.1) is 0 Å². The predicted octanol–water partition coefficient (Wildman–Crippen LogP) is 1.46. The van der Waals surface area contributed by atoms with Crippen molar-refractivity contribution in [2.75, 3.05) is 0 Å². The lowest BCUT2D eigenvalue weighted by molar-refractivity contribution is 1.51. The first kappa shape index (κ1) is 7.36. The molecule has 0 fully saturated rings. The Hall–Kier alpha value is -0.750. The van der Waals surface area contributed by atoms with Crippen molar-refractivity contribution in [3.05, 3.63) is 34.7 Å². The maximum Gasteiger partial charge on any atom is 0.0228 e. The maximum absolute atomic E-state index is 5.79. The SMILES string of the molecule is C=c1cccc/c1=C(/C)Cl. The van der Waals surface area contributed by atoms with E-state index < -0.39 is 0 Å². The second-order valence-electron chi connectivity index (χ2n) is 2.19. The number of rotatable bonds is 0. The van der Waals surface area contributed by atoms with Gasteiger partial charge in [-0.05, 0) is 17.4 Å². The monoisotopic (exact) mass is 152 g/mol. The summed E-state index contributed by atoms with van der Waals surface area (Å²) in [5.74, 6) is 0. The summed E-state index contributed by atoms with van der Waals surface area (Å²) in [4.78, 5) is 0. The highest BCUT2D eigenvalue weighted by molar-refractivity contribution is 6.44. The van der Waals surface area contributed by atoms with Crippen molar-refractivity contribution in [1.82, 2.24) is 0 Å². The molecule has 0 saturated carbocycles. The molecule has 0 aromatic heterocycles. The summed E-state index contributed by atoms with van der Waals surface area (Å²) in [6.07, 6.45) is 0. The molecule has 0 N–H and O–H groups in total. The summed E-state index contributed by atoms with van der Waals surface area (Å²) in [6.45, 7) is 5.70. The molecular formula is C9H9Cl. The molecule has 0 amide bonds. The molecule has 1 aromatic rings. The van der Waals surface area contributed by atoms with Crippen LogP contribution in [0, 0.1) is 0 Å². The van der Waals surface area contributed by atoms with Crippen LogP contribution in [0.4, 0.5) is 0 Å². The fourth-order valence-corrected chi connectivity index (χ4v) is 1.04. The molecule has 0 heterocycles. The molecule has 0 atom stereocenters. The number of hydrogen-bond donors (Lipinski definition) is 0. The summed E-state index contributed by atoms with van der Waals surface area (Å²) < 4.78 is 0. The normalized spacial score (nSPS) is 13.0. The van der Waals surface area contributed by atoms with E-state index >= 15 is 0 Å². The molecule has 0 radical (unpaired) electrons. The predicted molar refractivity (Wildman–Crippen MR) is 46.1 cm³/mol. The lowest BCUT2D eigenvalue weighted by atomic mass is 10.2. The lowest BCUT2D eigenvalue weighted by Gasteiger charge is -1.88. The average Bonchev–Trinajstić information content (AvgIpc) is 1.88. The largest absolute Gasteiger partial charge is 0.0911 e. The quantitative estimate of drug-likeness (QED) is 0.528. The van der Waals surface area contributed by atoms with E-state index in [0.29, 0.717) is 0 Å². The Kier molecular flexibility index (Phi) is 2.13. The van der Waals surface area contributed by atoms with Gasteiger partial charge >= 0.3 is 0 Å². The van der Waals surface area contributed by atoms with E-state index in [0.717, 1.165) is 15.5 Å². The fourth-order valence-electron chi connectivity index (χ4n) is 0.856. The molecule has 0 nitrogen and oxygen atoms in total. The molecule has 0 unspecified atom stereocenters. The zero-order valence-electron chi connectivity index (χ0n) is 5.89. The van der Waals surface area contributed by atoms with Gasteiger partial charge in [0.25, 0.3) is 0 Å². The summed E-state index contributed by atoms with van der Waals surface area (Å²) in [5, 5.41) is 2.81. The first-order valence-corrected chi connectivity index (χ1v) is 3.50.